The molecule has 1 aliphatic heterocycles. The van der Waals surface area contributed by atoms with E-state index >= 15 is 0 Å². The first-order valence-corrected chi connectivity index (χ1v) is 11.0. The number of piperazine rings is 1. The summed E-state index contributed by atoms with van der Waals surface area (Å²) in [5.74, 6) is 0.529. The molecule has 2 aromatic rings. The van der Waals surface area contributed by atoms with Gasteiger partial charge in [-0.25, -0.2) is 8.42 Å². The van der Waals surface area contributed by atoms with Crippen LogP contribution in [0.15, 0.2) is 59.5 Å². The maximum Gasteiger partial charge on any atom is 0.263 e. The van der Waals surface area contributed by atoms with Crippen LogP contribution in [0.1, 0.15) is 13.3 Å². The first kappa shape index (κ1) is 20.6. The molecule has 0 N–H and O–H groups in total. The van der Waals surface area contributed by atoms with Crippen LogP contribution in [0.4, 0.5) is 0 Å². The van der Waals surface area contributed by atoms with Crippen molar-refractivity contribution in [3.63, 3.8) is 0 Å². The zero-order valence-electron chi connectivity index (χ0n) is 15.6. The number of carbonyl (C=O) groups is 1. The first-order chi connectivity index (χ1) is 13.4. The van der Waals surface area contributed by atoms with Gasteiger partial charge in [0.15, 0.2) is 6.10 Å². The van der Waals surface area contributed by atoms with Gasteiger partial charge in [0, 0.05) is 31.2 Å². The third kappa shape index (κ3) is 4.66. The Bertz CT molecular complexity index is 896. The van der Waals surface area contributed by atoms with Crippen LogP contribution in [0.2, 0.25) is 5.02 Å². The molecule has 2 aromatic carbocycles. The second-order valence-corrected chi connectivity index (χ2v) is 8.89. The standard InChI is InChI=1S/C20H23ClN2O4S/c1-2-19(27-17-6-4-3-5-7-17)20(24)22-12-14-23(15-13-22)28(25,26)18-10-8-16(21)9-11-18/h3-11,19H,2,12-15H2,1H3/t19-/m0/s1. The highest BCUT2D eigenvalue weighted by Crippen LogP contribution is 2.21. The van der Waals surface area contributed by atoms with Crippen molar-refractivity contribution in [3.05, 3.63) is 59.6 Å². The number of halogens is 1. The van der Waals surface area contributed by atoms with E-state index in [0.717, 1.165) is 0 Å². The predicted octanol–water partition coefficient (Wildman–Crippen LogP) is 3.03. The molecule has 28 heavy (non-hydrogen) atoms. The lowest BCUT2D eigenvalue weighted by atomic mass is 10.2. The van der Waals surface area contributed by atoms with E-state index in [4.69, 9.17) is 16.3 Å². The average Bonchev–Trinajstić information content (AvgIpc) is 2.72. The van der Waals surface area contributed by atoms with Crippen molar-refractivity contribution in [3.8, 4) is 5.75 Å². The maximum absolute atomic E-state index is 12.8. The topological polar surface area (TPSA) is 66.9 Å². The van der Waals surface area contributed by atoms with Gasteiger partial charge >= 0.3 is 0 Å². The number of sulfonamides is 1. The molecule has 1 amide bonds. The largest absolute Gasteiger partial charge is 0.481 e. The summed E-state index contributed by atoms with van der Waals surface area (Å²) in [6, 6.07) is 15.3. The van der Waals surface area contributed by atoms with E-state index in [2.05, 4.69) is 0 Å². The molecule has 1 atom stereocenters. The van der Waals surface area contributed by atoms with Crippen LogP contribution in [0.5, 0.6) is 5.75 Å². The number of carbonyl (C=O) groups excluding carboxylic acids is 1. The van der Waals surface area contributed by atoms with Gasteiger partial charge in [-0.15, -0.1) is 0 Å². The first-order valence-electron chi connectivity index (χ1n) is 9.18. The van der Waals surface area contributed by atoms with Crippen LogP contribution >= 0.6 is 11.6 Å². The van der Waals surface area contributed by atoms with Crippen molar-refractivity contribution in [2.75, 3.05) is 26.2 Å². The zero-order valence-corrected chi connectivity index (χ0v) is 17.2. The third-order valence-corrected chi connectivity index (χ3v) is 6.83. The Labute approximate surface area is 170 Å². The minimum Gasteiger partial charge on any atom is -0.481 e. The van der Waals surface area contributed by atoms with Crippen molar-refractivity contribution in [1.82, 2.24) is 9.21 Å². The van der Waals surface area contributed by atoms with Crippen LogP contribution in [0.3, 0.4) is 0 Å². The predicted molar refractivity (Wildman–Crippen MR) is 108 cm³/mol. The van der Waals surface area contributed by atoms with Crippen molar-refractivity contribution in [2.45, 2.75) is 24.3 Å². The zero-order chi connectivity index (χ0) is 20.1. The van der Waals surface area contributed by atoms with Crippen LogP contribution in [0, 0.1) is 0 Å². The van der Waals surface area contributed by atoms with Crippen molar-refractivity contribution in [2.24, 2.45) is 0 Å². The van der Waals surface area contributed by atoms with E-state index in [0.29, 0.717) is 30.3 Å². The third-order valence-electron chi connectivity index (χ3n) is 4.67. The van der Waals surface area contributed by atoms with Crippen molar-refractivity contribution >= 4 is 27.5 Å². The smallest absolute Gasteiger partial charge is 0.263 e. The van der Waals surface area contributed by atoms with Gasteiger partial charge in [0.2, 0.25) is 10.0 Å². The van der Waals surface area contributed by atoms with E-state index < -0.39 is 16.1 Å². The van der Waals surface area contributed by atoms with E-state index in [9.17, 15) is 13.2 Å². The van der Waals surface area contributed by atoms with E-state index in [-0.39, 0.29) is 23.9 Å². The summed E-state index contributed by atoms with van der Waals surface area (Å²) >= 11 is 5.84. The lowest BCUT2D eigenvalue weighted by Gasteiger charge is -2.35. The lowest BCUT2D eigenvalue weighted by molar-refractivity contribution is -0.140. The fraction of sp³-hybridized carbons (Fsp3) is 0.350. The summed E-state index contributed by atoms with van der Waals surface area (Å²) < 4.78 is 32.7. The molecule has 0 spiro atoms. The summed E-state index contributed by atoms with van der Waals surface area (Å²) in [6.07, 6.45) is -0.0429. The number of rotatable bonds is 6. The van der Waals surface area contributed by atoms with Gasteiger partial charge in [0.05, 0.1) is 4.90 Å². The number of hydrogen-bond acceptors (Lipinski definition) is 4. The van der Waals surface area contributed by atoms with Gasteiger partial charge in [-0.1, -0.05) is 36.7 Å². The van der Waals surface area contributed by atoms with Gasteiger partial charge in [0.1, 0.15) is 5.75 Å². The van der Waals surface area contributed by atoms with Gasteiger partial charge in [-0.3, -0.25) is 4.79 Å². The molecule has 0 saturated carbocycles. The molecule has 1 fully saturated rings. The minimum atomic E-state index is -3.60. The number of para-hydroxylation sites is 1. The molecule has 3 rings (SSSR count). The number of amides is 1. The fourth-order valence-corrected chi connectivity index (χ4v) is 4.63. The monoisotopic (exact) mass is 422 g/mol. The van der Waals surface area contributed by atoms with Gasteiger partial charge in [-0.2, -0.15) is 4.31 Å². The molecule has 8 heteroatoms. The molecule has 0 bridgehead atoms. The van der Waals surface area contributed by atoms with Gasteiger partial charge in [0.25, 0.3) is 5.91 Å². The van der Waals surface area contributed by atoms with Gasteiger partial charge < -0.3 is 9.64 Å². The molecule has 0 radical (unpaired) electrons. The van der Waals surface area contributed by atoms with Crippen LogP contribution < -0.4 is 4.74 Å². The highest BCUT2D eigenvalue weighted by molar-refractivity contribution is 7.89. The van der Waals surface area contributed by atoms with Crippen LogP contribution in [-0.2, 0) is 14.8 Å². The number of ether oxygens (including phenoxy) is 1. The molecule has 6 nitrogen and oxygen atoms in total. The molecule has 0 aliphatic carbocycles. The maximum atomic E-state index is 12.8. The Balaban J connectivity index is 1.62. The number of nitrogens with zero attached hydrogens (tertiary/aromatic N) is 2. The Morgan fingerprint density at radius 3 is 2.21 bits per heavy atom. The molecule has 0 aromatic heterocycles. The van der Waals surface area contributed by atoms with Crippen LogP contribution in [0.25, 0.3) is 0 Å². The highest BCUT2D eigenvalue weighted by atomic mass is 35.5. The van der Waals surface area contributed by atoms with E-state index in [1.54, 1.807) is 17.0 Å². The van der Waals surface area contributed by atoms with Gasteiger partial charge in [-0.05, 0) is 42.8 Å². The summed E-state index contributed by atoms with van der Waals surface area (Å²) in [4.78, 5) is 14.7. The second-order valence-electron chi connectivity index (χ2n) is 6.51. The Kier molecular flexibility index (Phi) is 6.59. The number of benzene rings is 2. The Morgan fingerprint density at radius 2 is 1.64 bits per heavy atom. The summed E-state index contributed by atoms with van der Waals surface area (Å²) in [6.45, 7) is 3.06. The highest BCUT2D eigenvalue weighted by Gasteiger charge is 2.32. The van der Waals surface area contributed by atoms with E-state index in [1.807, 2.05) is 37.3 Å². The molecular weight excluding hydrogens is 400 g/mol. The molecule has 1 heterocycles. The molecule has 150 valence electrons. The van der Waals surface area contributed by atoms with Crippen molar-refractivity contribution in [1.29, 1.82) is 0 Å². The second kappa shape index (κ2) is 8.94. The minimum absolute atomic E-state index is 0.116. The summed E-state index contributed by atoms with van der Waals surface area (Å²) in [5, 5.41) is 0.485. The van der Waals surface area contributed by atoms with E-state index in [1.165, 1.54) is 16.4 Å². The summed E-state index contributed by atoms with van der Waals surface area (Å²) in [5.41, 5.74) is 0. The quantitative estimate of drug-likeness (QED) is 0.717. The lowest BCUT2D eigenvalue weighted by Crippen LogP contribution is -2.53. The van der Waals surface area contributed by atoms with Crippen molar-refractivity contribution < 1.29 is 17.9 Å². The molecular formula is C20H23ClN2O4S. The van der Waals surface area contributed by atoms with Crippen LogP contribution in [-0.4, -0.2) is 55.8 Å². The number of hydrogen-bond donors (Lipinski definition) is 0. The average molecular weight is 423 g/mol. The molecule has 1 aliphatic rings. The fourth-order valence-electron chi connectivity index (χ4n) is 3.08. The Hall–Kier alpha value is -2.09. The molecule has 1 saturated heterocycles. The normalized spacial score (nSPS) is 16.6. The molecule has 0 unspecified atom stereocenters. The Morgan fingerprint density at radius 1 is 1.04 bits per heavy atom. The summed E-state index contributed by atoms with van der Waals surface area (Å²) in [7, 11) is -3.60. The SMILES string of the molecule is CC[C@H](Oc1ccccc1)C(=O)N1CCN(S(=O)(=O)c2ccc(Cl)cc2)CC1.